The van der Waals surface area contributed by atoms with Gasteiger partial charge in [0.2, 0.25) is 5.95 Å². The average molecular weight is 351 g/mol. The van der Waals surface area contributed by atoms with Crippen LogP contribution in [-0.2, 0) is 13.1 Å². The fourth-order valence-electron chi connectivity index (χ4n) is 2.70. The molecule has 6 heteroatoms. The molecule has 2 aromatic carbocycles. The molecule has 0 atom stereocenters. The lowest BCUT2D eigenvalue weighted by Gasteiger charge is -2.10. The first-order valence-corrected chi connectivity index (χ1v) is 8.13. The second-order valence-corrected chi connectivity index (χ2v) is 5.92. The van der Waals surface area contributed by atoms with Crippen molar-refractivity contribution < 1.29 is 14.3 Å². The van der Waals surface area contributed by atoms with E-state index in [1.54, 1.807) is 6.07 Å². The SMILES string of the molecule is Cc1cc(Cc2ccccc2)nc(Nc2ccc(C(=O)O)c(CF)c2)n1. The first kappa shape index (κ1) is 17.5. The summed E-state index contributed by atoms with van der Waals surface area (Å²) in [6.07, 6.45) is 0.673. The third kappa shape index (κ3) is 4.22. The maximum Gasteiger partial charge on any atom is 0.336 e. The number of anilines is 2. The van der Waals surface area contributed by atoms with Gasteiger partial charge in [0.25, 0.3) is 0 Å². The van der Waals surface area contributed by atoms with Gasteiger partial charge in [0.05, 0.1) is 11.3 Å². The van der Waals surface area contributed by atoms with Crippen LogP contribution < -0.4 is 5.32 Å². The lowest BCUT2D eigenvalue weighted by atomic mass is 10.1. The predicted molar refractivity (Wildman–Crippen MR) is 97.5 cm³/mol. The van der Waals surface area contributed by atoms with E-state index < -0.39 is 12.6 Å². The van der Waals surface area contributed by atoms with Crippen molar-refractivity contribution in [1.29, 1.82) is 0 Å². The number of alkyl halides is 1. The number of benzene rings is 2. The molecule has 1 aromatic heterocycles. The van der Waals surface area contributed by atoms with Crippen LogP contribution in [0.4, 0.5) is 16.0 Å². The summed E-state index contributed by atoms with van der Waals surface area (Å²) in [4.78, 5) is 20.0. The fourth-order valence-corrected chi connectivity index (χ4v) is 2.70. The van der Waals surface area contributed by atoms with Crippen molar-refractivity contribution in [3.8, 4) is 0 Å². The topological polar surface area (TPSA) is 75.1 Å². The number of carbonyl (C=O) groups is 1. The van der Waals surface area contributed by atoms with Crippen LogP contribution in [0.3, 0.4) is 0 Å². The Hall–Kier alpha value is -3.28. The minimum Gasteiger partial charge on any atom is -0.478 e. The molecular weight excluding hydrogens is 333 g/mol. The highest BCUT2D eigenvalue weighted by molar-refractivity contribution is 5.90. The molecule has 0 aliphatic heterocycles. The van der Waals surface area contributed by atoms with Gasteiger partial charge in [0.1, 0.15) is 6.67 Å². The van der Waals surface area contributed by atoms with Crippen molar-refractivity contribution in [2.45, 2.75) is 20.0 Å². The number of carboxylic acid groups (broad SMARTS) is 1. The number of hydrogen-bond donors (Lipinski definition) is 2. The zero-order chi connectivity index (χ0) is 18.5. The summed E-state index contributed by atoms with van der Waals surface area (Å²) in [6, 6.07) is 16.3. The van der Waals surface area contributed by atoms with E-state index in [0.717, 1.165) is 17.0 Å². The number of nitrogens with zero attached hydrogens (tertiary/aromatic N) is 2. The number of aryl methyl sites for hydroxylation is 1. The van der Waals surface area contributed by atoms with E-state index in [0.29, 0.717) is 18.1 Å². The van der Waals surface area contributed by atoms with Crippen molar-refractivity contribution in [1.82, 2.24) is 9.97 Å². The monoisotopic (exact) mass is 351 g/mol. The summed E-state index contributed by atoms with van der Waals surface area (Å²) in [5.74, 6) is -0.759. The molecular formula is C20H18FN3O2. The van der Waals surface area contributed by atoms with E-state index >= 15 is 0 Å². The van der Waals surface area contributed by atoms with Crippen LogP contribution >= 0.6 is 0 Å². The van der Waals surface area contributed by atoms with Crippen LogP contribution in [0.5, 0.6) is 0 Å². The Morgan fingerprint density at radius 3 is 2.58 bits per heavy atom. The van der Waals surface area contributed by atoms with Crippen LogP contribution in [0.2, 0.25) is 0 Å². The fraction of sp³-hybridized carbons (Fsp3) is 0.150. The van der Waals surface area contributed by atoms with Gasteiger partial charge in [-0.15, -0.1) is 0 Å². The van der Waals surface area contributed by atoms with E-state index in [-0.39, 0.29) is 11.1 Å². The molecule has 0 fully saturated rings. The molecule has 0 amide bonds. The van der Waals surface area contributed by atoms with Crippen LogP contribution in [0.15, 0.2) is 54.6 Å². The van der Waals surface area contributed by atoms with Crippen LogP contribution in [-0.4, -0.2) is 21.0 Å². The molecule has 0 radical (unpaired) electrons. The number of halogens is 1. The Labute approximate surface area is 150 Å². The summed E-state index contributed by atoms with van der Waals surface area (Å²) in [6.45, 7) is 1.02. The van der Waals surface area contributed by atoms with E-state index in [2.05, 4.69) is 15.3 Å². The van der Waals surface area contributed by atoms with Crippen molar-refractivity contribution in [2.75, 3.05) is 5.32 Å². The number of aromatic nitrogens is 2. The zero-order valence-electron chi connectivity index (χ0n) is 14.2. The molecule has 132 valence electrons. The maximum absolute atomic E-state index is 13.1. The molecule has 0 aliphatic carbocycles. The molecule has 0 aliphatic rings. The largest absolute Gasteiger partial charge is 0.478 e. The smallest absolute Gasteiger partial charge is 0.336 e. The second-order valence-electron chi connectivity index (χ2n) is 5.92. The zero-order valence-corrected chi connectivity index (χ0v) is 14.2. The van der Waals surface area contributed by atoms with Crippen molar-refractivity contribution >= 4 is 17.6 Å². The summed E-state index contributed by atoms with van der Waals surface area (Å²) >= 11 is 0. The van der Waals surface area contributed by atoms with E-state index in [1.165, 1.54) is 12.1 Å². The number of carboxylic acids is 1. The normalized spacial score (nSPS) is 10.5. The van der Waals surface area contributed by atoms with Crippen molar-refractivity contribution in [3.05, 3.63) is 82.7 Å². The van der Waals surface area contributed by atoms with Gasteiger partial charge in [-0.05, 0) is 42.3 Å². The average Bonchev–Trinajstić information content (AvgIpc) is 2.61. The molecule has 1 heterocycles. The van der Waals surface area contributed by atoms with Gasteiger partial charge >= 0.3 is 5.97 Å². The summed E-state index contributed by atoms with van der Waals surface area (Å²) in [5, 5.41) is 12.1. The Kier molecular flexibility index (Phi) is 5.22. The molecule has 0 spiro atoms. The first-order chi connectivity index (χ1) is 12.5. The highest BCUT2D eigenvalue weighted by Gasteiger charge is 2.11. The minimum absolute atomic E-state index is 0.0482. The molecule has 3 aromatic rings. The van der Waals surface area contributed by atoms with Crippen LogP contribution in [0.1, 0.15) is 32.9 Å². The predicted octanol–water partition coefficient (Wildman–Crippen LogP) is 4.29. The standard InChI is InChI=1S/C20H18FN3O2/c1-13-9-17(10-14-5-3-2-4-6-14)24-20(22-13)23-16-7-8-18(19(25)26)15(11-16)12-21/h2-9,11H,10,12H2,1H3,(H,25,26)(H,22,23,24). The molecule has 2 N–H and O–H groups in total. The molecule has 26 heavy (non-hydrogen) atoms. The number of rotatable bonds is 6. The quantitative estimate of drug-likeness (QED) is 0.693. The van der Waals surface area contributed by atoms with Crippen molar-refractivity contribution in [3.63, 3.8) is 0 Å². The van der Waals surface area contributed by atoms with E-state index in [9.17, 15) is 9.18 Å². The lowest BCUT2D eigenvalue weighted by molar-refractivity contribution is 0.0695. The molecule has 0 unspecified atom stereocenters. The van der Waals surface area contributed by atoms with Gasteiger partial charge in [0.15, 0.2) is 0 Å². The van der Waals surface area contributed by atoms with Crippen molar-refractivity contribution in [2.24, 2.45) is 0 Å². The van der Waals surface area contributed by atoms with E-state index in [4.69, 9.17) is 5.11 Å². The Balaban J connectivity index is 1.85. The highest BCUT2D eigenvalue weighted by atomic mass is 19.1. The molecule has 0 saturated heterocycles. The molecule has 3 rings (SSSR count). The molecule has 0 saturated carbocycles. The number of hydrogen-bond acceptors (Lipinski definition) is 4. The Morgan fingerprint density at radius 1 is 1.12 bits per heavy atom. The third-order valence-corrected chi connectivity index (χ3v) is 3.87. The van der Waals surface area contributed by atoms with Gasteiger partial charge in [-0.1, -0.05) is 30.3 Å². The summed E-state index contributed by atoms with van der Waals surface area (Å²) in [5.41, 5.74) is 3.41. The van der Waals surface area contributed by atoms with Gasteiger partial charge in [-0.25, -0.2) is 19.2 Å². The van der Waals surface area contributed by atoms with Crippen LogP contribution in [0.25, 0.3) is 0 Å². The molecule has 5 nitrogen and oxygen atoms in total. The van der Waals surface area contributed by atoms with Gasteiger partial charge in [0, 0.05) is 17.8 Å². The number of nitrogens with one attached hydrogen (secondary N) is 1. The summed E-state index contributed by atoms with van der Waals surface area (Å²) < 4.78 is 13.1. The molecule has 0 bridgehead atoms. The lowest BCUT2D eigenvalue weighted by Crippen LogP contribution is -2.05. The Bertz CT molecular complexity index is 930. The highest BCUT2D eigenvalue weighted by Crippen LogP contribution is 2.20. The van der Waals surface area contributed by atoms with Gasteiger partial charge < -0.3 is 10.4 Å². The Morgan fingerprint density at radius 2 is 1.88 bits per heavy atom. The third-order valence-electron chi connectivity index (χ3n) is 3.87. The summed E-state index contributed by atoms with van der Waals surface area (Å²) in [7, 11) is 0. The van der Waals surface area contributed by atoms with Gasteiger partial charge in [-0.2, -0.15) is 0 Å². The first-order valence-electron chi connectivity index (χ1n) is 8.13. The van der Waals surface area contributed by atoms with Crippen LogP contribution in [0, 0.1) is 6.92 Å². The van der Waals surface area contributed by atoms with E-state index in [1.807, 2.05) is 43.3 Å². The van der Waals surface area contributed by atoms with Gasteiger partial charge in [-0.3, -0.25) is 0 Å². The number of aromatic carboxylic acids is 1. The second kappa shape index (κ2) is 7.74. The minimum atomic E-state index is -1.15. The maximum atomic E-state index is 13.1.